The van der Waals surface area contributed by atoms with Crippen LogP contribution < -0.4 is 0 Å². The molecule has 4 heteroatoms. The number of amides is 1. The first-order chi connectivity index (χ1) is 8.63. The molecule has 0 aromatic carbocycles. The van der Waals surface area contributed by atoms with E-state index in [2.05, 4.69) is 18.8 Å². The SMILES string of the molecule is CCC(CC)CN(CC)C(=O)c1ccncc1Cl. The Kier molecular flexibility index (Phi) is 6.13. The van der Waals surface area contributed by atoms with Crippen LogP contribution in [-0.4, -0.2) is 28.9 Å². The van der Waals surface area contributed by atoms with E-state index in [1.807, 2.05) is 11.8 Å². The third kappa shape index (κ3) is 3.70. The summed E-state index contributed by atoms with van der Waals surface area (Å²) in [6.07, 6.45) is 5.29. The molecule has 0 spiro atoms. The standard InChI is InChI=1S/C14H21ClN2O/c1-4-11(5-2)10-17(6-3)14(18)12-7-8-16-9-13(12)15/h7-9,11H,4-6,10H2,1-3H3. The van der Waals surface area contributed by atoms with Gasteiger partial charge in [-0.05, 0) is 18.9 Å². The molecular weight excluding hydrogens is 248 g/mol. The lowest BCUT2D eigenvalue weighted by Crippen LogP contribution is -2.35. The zero-order valence-corrected chi connectivity index (χ0v) is 12.1. The topological polar surface area (TPSA) is 33.2 Å². The summed E-state index contributed by atoms with van der Waals surface area (Å²) in [7, 11) is 0. The van der Waals surface area contributed by atoms with Gasteiger partial charge in [0, 0.05) is 25.5 Å². The van der Waals surface area contributed by atoms with Crippen LogP contribution in [0, 0.1) is 5.92 Å². The predicted octanol–water partition coefficient (Wildman–Crippen LogP) is 3.63. The summed E-state index contributed by atoms with van der Waals surface area (Å²) >= 11 is 6.01. The Morgan fingerprint density at radius 2 is 2.06 bits per heavy atom. The van der Waals surface area contributed by atoms with Crippen molar-refractivity contribution in [2.75, 3.05) is 13.1 Å². The number of carbonyl (C=O) groups is 1. The van der Waals surface area contributed by atoms with E-state index in [0.717, 1.165) is 19.4 Å². The van der Waals surface area contributed by atoms with Crippen LogP contribution in [0.4, 0.5) is 0 Å². The third-order valence-corrected chi connectivity index (χ3v) is 3.61. The first kappa shape index (κ1) is 15.0. The van der Waals surface area contributed by atoms with Gasteiger partial charge >= 0.3 is 0 Å². The Hall–Kier alpha value is -1.09. The summed E-state index contributed by atoms with van der Waals surface area (Å²) in [6, 6.07) is 1.68. The lowest BCUT2D eigenvalue weighted by atomic mass is 10.0. The van der Waals surface area contributed by atoms with Crippen molar-refractivity contribution in [3.05, 3.63) is 29.0 Å². The highest BCUT2D eigenvalue weighted by atomic mass is 35.5. The van der Waals surface area contributed by atoms with E-state index < -0.39 is 0 Å². The lowest BCUT2D eigenvalue weighted by Gasteiger charge is -2.25. The molecule has 0 aliphatic heterocycles. The van der Waals surface area contributed by atoms with E-state index in [4.69, 9.17) is 11.6 Å². The highest BCUT2D eigenvalue weighted by molar-refractivity contribution is 6.33. The second-order valence-corrected chi connectivity index (χ2v) is 4.79. The highest BCUT2D eigenvalue weighted by Crippen LogP contribution is 2.18. The third-order valence-electron chi connectivity index (χ3n) is 3.31. The van der Waals surface area contributed by atoms with E-state index >= 15 is 0 Å². The molecule has 1 heterocycles. The van der Waals surface area contributed by atoms with E-state index in [0.29, 0.717) is 23.0 Å². The lowest BCUT2D eigenvalue weighted by molar-refractivity contribution is 0.0735. The maximum absolute atomic E-state index is 12.4. The molecule has 0 unspecified atom stereocenters. The average Bonchev–Trinajstić information content (AvgIpc) is 2.40. The molecule has 1 aromatic rings. The molecule has 0 bridgehead atoms. The van der Waals surface area contributed by atoms with Gasteiger partial charge in [0.1, 0.15) is 0 Å². The van der Waals surface area contributed by atoms with E-state index in [9.17, 15) is 4.79 Å². The second-order valence-electron chi connectivity index (χ2n) is 4.38. The van der Waals surface area contributed by atoms with Gasteiger partial charge in [0.15, 0.2) is 0 Å². The minimum Gasteiger partial charge on any atom is -0.339 e. The average molecular weight is 269 g/mol. The molecule has 0 saturated heterocycles. The van der Waals surface area contributed by atoms with Crippen molar-refractivity contribution < 1.29 is 4.79 Å². The normalized spacial score (nSPS) is 10.7. The first-order valence-corrected chi connectivity index (χ1v) is 6.90. The molecule has 100 valence electrons. The molecule has 0 atom stereocenters. The number of carbonyl (C=O) groups excluding carboxylic acids is 1. The van der Waals surface area contributed by atoms with Gasteiger partial charge in [-0.2, -0.15) is 0 Å². The summed E-state index contributed by atoms with van der Waals surface area (Å²) in [6.45, 7) is 7.81. The van der Waals surface area contributed by atoms with Crippen molar-refractivity contribution in [3.63, 3.8) is 0 Å². The van der Waals surface area contributed by atoms with Crippen molar-refractivity contribution in [2.24, 2.45) is 5.92 Å². The number of rotatable bonds is 6. The molecule has 18 heavy (non-hydrogen) atoms. The zero-order chi connectivity index (χ0) is 13.5. The van der Waals surface area contributed by atoms with Gasteiger partial charge in [0.25, 0.3) is 5.91 Å². The minimum atomic E-state index is -0.00296. The minimum absolute atomic E-state index is 0.00296. The van der Waals surface area contributed by atoms with Crippen molar-refractivity contribution in [1.82, 2.24) is 9.88 Å². The number of nitrogens with zero attached hydrogens (tertiary/aromatic N) is 2. The summed E-state index contributed by atoms with van der Waals surface area (Å²) in [5, 5.41) is 0.422. The number of hydrogen-bond acceptors (Lipinski definition) is 2. The van der Waals surface area contributed by atoms with Crippen LogP contribution in [0.5, 0.6) is 0 Å². The van der Waals surface area contributed by atoms with Gasteiger partial charge in [-0.3, -0.25) is 9.78 Å². The van der Waals surface area contributed by atoms with E-state index in [1.54, 1.807) is 12.3 Å². The largest absolute Gasteiger partial charge is 0.339 e. The molecule has 0 saturated carbocycles. The van der Waals surface area contributed by atoms with E-state index in [-0.39, 0.29) is 5.91 Å². The molecular formula is C14H21ClN2O. The number of aromatic nitrogens is 1. The van der Waals surface area contributed by atoms with Crippen molar-refractivity contribution in [3.8, 4) is 0 Å². The molecule has 1 aromatic heterocycles. The Morgan fingerprint density at radius 3 is 2.56 bits per heavy atom. The van der Waals surface area contributed by atoms with Gasteiger partial charge in [-0.1, -0.05) is 38.3 Å². The van der Waals surface area contributed by atoms with Crippen LogP contribution in [0.15, 0.2) is 18.5 Å². The van der Waals surface area contributed by atoms with Gasteiger partial charge in [-0.25, -0.2) is 0 Å². The first-order valence-electron chi connectivity index (χ1n) is 6.52. The summed E-state index contributed by atoms with van der Waals surface area (Å²) < 4.78 is 0. The fraction of sp³-hybridized carbons (Fsp3) is 0.571. The van der Waals surface area contributed by atoms with Crippen molar-refractivity contribution in [2.45, 2.75) is 33.6 Å². The van der Waals surface area contributed by atoms with Gasteiger partial charge < -0.3 is 4.90 Å². The van der Waals surface area contributed by atoms with Crippen LogP contribution >= 0.6 is 11.6 Å². The Bertz CT molecular complexity index is 391. The zero-order valence-electron chi connectivity index (χ0n) is 11.3. The Balaban J connectivity index is 2.83. The molecule has 0 radical (unpaired) electrons. The van der Waals surface area contributed by atoms with Crippen LogP contribution in [0.2, 0.25) is 5.02 Å². The summed E-state index contributed by atoms with van der Waals surface area (Å²) in [4.78, 5) is 18.1. The van der Waals surface area contributed by atoms with Crippen LogP contribution in [0.25, 0.3) is 0 Å². The molecule has 0 fully saturated rings. The molecule has 1 rings (SSSR count). The number of hydrogen-bond donors (Lipinski definition) is 0. The molecule has 0 aliphatic rings. The van der Waals surface area contributed by atoms with Crippen LogP contribution in [-0.2, 0) is 0 Å². The summed E-state index contributed by atoms with van der Waals surface area (Å²) in [5.74, 6) is 0.548. The van der Waals surface area contributed by atoms with Gasteiger partial charge in [-0.15, -0.1) is 0 Å². The Labute approximate surface area is 114 Å². The predicted molar refractivity (Wildman–Crippen MR) is 74.9 cm³/mol. The summed E-state index contributed by atoms with van der Waals surface area (Å²) in [5.41, 5.74) is 0.541. The smallest absolute Gasteiger partial charge is 0.255 e. The molecule has 3 nitrogen and oxygen atoms in total. The maximum atomic E-state index is 12.4. The highest BCUT2D eigenvalue weighted by Gasteiger charge is 2.19. The monoisotopic (exact) mass is 268 g/mol. The van der Waals surface area contributed by atoms with Crippen molar-refractivity contribution in [1.29, 1.82) is 0 Å². The fourth-order valence-corrected chi connectivity index (χ4v) is 2.13. The number of halogens is 1. The maximum Gasteiger partial charge on any atom is 0.255 e. The van der Waals surface area contributed by atoms with Crippen LogP contribution in [0.1, 0.15) is 44.0 Å². The fourth-order valence-electron chi connectivity index (χ4n) is 1.93. The molecule has 1 amide bonds. The van der Waals surface area contributed by atoms with Crippen LogP contribution in [0.3, 0.4) is 0 Å². The molecule has 0 aliphatic carbocycles. The van der Waals surface area contributed by atoms with Crippen molar-refractivity contribution >= 4 is 17.5 Å². The van der Waals surface area contributed by atoms with Gasteiger partial charge in [0.2, 0.25) is 0 Å². The van der Waals surface area contributed by atoms with E-state index in [1.165, 1.54) is 6.20 Å². The quantitative estimate of drug-likeness (QED) is 0.789. The molecule has 0 N–H and O–H groups in total. The van der Waals surface area contributed by atoms with Gasteiger partial charge in [0.05, 0.1) is 10.6 Å². The second kappa shape index (κ2) is 7.37. The Morgan fingerprint density at radius 1 is 1.39 bits per heavy atom. The number of pyridine rings is 1.